The van der Waals surface area contributed by atoms with E-state index in [2.05, 4.69) is 0 Å². The Morgan fingerprint density at radius 2 is 2.00 bits per heavy atom. The molecule has 0 bridgehead atoms. The van der Waals surface area contributed by atoms with Gasteiger partial charge < -0.3 is 4.74 Å². The van der Waals surface area contributed by atoms with Gasteiger partial charge in [0.1, 0.15) is 0 Å². The molecule has 1 aromatic carbocycles. The number of carbonyl (C=O) groups excluding carboxylic acids is 1. The summed E-state index contributed by atoms with van der Waals surface area (Å²) in [6.07, 6.45) is 1.32. The van der Waals surface area contributed by atoms with Crippen LogP contribution in [0.2, 0.25) is 10.0 Å². The van der Waals surface area contributed by atoms with Crippen molar-refractivity contribution in [1.29, 1.82) is 0 Å². The molecule has 1 saturated heterocycles. The Bertz CT molecular complexity index is 370. The fourth-order valence-corrected chi connectivity index (χ4v) is 2.25. The van der Waals surface area contributed by atoms with Gasteiger partial charge in [-0.25, -0.2) is 0 Å². The smallest absolute Gasteiger partial charge is 0.309 e. The molecule has 0 aromatic heterocycles. The van der Waals surface area contributed by atoms with Crippen LogP contribution in [0.1, 0.15) is 12.0 Å². The molecule has 80 valence electrons. The monoisotopic (exact) mass is 244 g/mol. The van der Waals surface area contributed by atoms with Crippen molar-refractivity contribution in [2.24, 2.45) is 5.92 Å². The number of hydrogen-bond donors (Lipinski definition) is 0. The van der Waals surface area contributed by atoms with Crippen LogP contribution in [-0.4, -0.2) is 12.6 Å². The Morgan fingerprint density at radius 1 is 1.33 bits per heavy atom. The summed E-state index contributed by atoms with van der Waals surface area (Å²) in [5.74, 6) is -0.242. The zero-order valence-electron chi connectivity index (χ0n) is 8.00. The number of benzene rings is 1. The topological polar surface area (TPSA) is 26.3 Å². The van der Waals surface area contributed by atoms with Gasteiger partial charge >= 0.3 is 5.97 Å². The van der Waals surface area contributed by atoms with Crippen molar-refractivity contribution < 1.29 is 9.53 Å². The van der Waals surface area contributed by atoms with Crippen molar-refractivity contribution in [3.05, 3.63) is 33.8 Å². The molecule has 1 aliphatic rings. The standard InChI is InChI=1S/C11H10Cl2O2/c12-9-2-1-3-10(13)8(9)6-7-4-5-15-11(7)14/h1-3,7H,4-6H2. The summed E-state index contributed by atoms with van der Waals surface area (Å²) < 4.78 is 4.89. The molecule has 0 saturated carbocycles. The second kappa shape index (κ2) is 4.42. The zero-order valence-corrected chi connectivity index (χ0v) is 9.52. The molecule has 0 aliphatic carbocycles. The van der Waals surface area contributed by atoms with E-state index in [9.17, 15) is 4.79 Å². The van der Waals surface area contributed by atoms with E-state index < -0.39 is 0 Å². The van der Waals surface area contributed by atoms with Crippen molar-refractivity contribution in [3.8, 4) is 0 Å². The minimum atomic E-state index is -0.147. The van der Waals surface area contributed by atoms with Crippen LogP contribution in [-0.2, 0) is 16.0 Å². The molecular formula is C11H10Cl2O2. The maximum Gasteiger partial charge on any atom is 0.309 e. The third-order valence-electron chi connectivity index (χ3n) is 2.56. The zero-order chi connectivity index (χ0) is 10.8. The highest BCUT2D eigenvalue weighted by molar-refractivity contribution is 6.36. The summed E-state index contributed by atoms with van der Waals surface area (Å²) in [4.78, 5) is 11.3. The highest BCUT2D eigenvalue weighted by Crippen LogP contribution is 2.29. The SMILES string of the molecule is O=C1OCCC1Cc1c(Cl)cccc1Cl. The Hall–Kier alpha value is -0.730. The first-order chi connectivity index (χ1) is 7.18. The van der Waals surface area contributed by atoms with Gasteiger partial charge in [-0.2, -0.15) is 0 Å². The minimum absolute atomic E-state index is 0.0950. The van der Waals surface area contributed by atoms with Crippen LogP contribution in [0, 0.1) is 5.92 Å². The minimum Gasteiger partial charge on any atom is -0.465 e. The van der Waals surface area contributed by atoms with Gasteiger partial charge in [-0.15, -0.1) is 0 Å². The van der Waals surface area contributed by atoms with E-state index in [4.69, 9.17) is 27.9 Å². The van der Waals surface area contributed by atoms with Gasteiger partial charge in [0, 0.05) is 10.0 Å². The fourth-order valence-electron chi connectivity index (χ4n) is 1.70. The van der Waals surface area contributed by atoms with E-state index in [1.807, 2.05) is 0 Å². The van der Waals surface area contributed by atoms with Crippen LogP contribution in [0.15, 0.2) is 18.2 Å². The lowest BCUT2D eigenvalue weighted by Gasteiger charge is -2.09. The molecule has 0 amide bonds. The Balaban J connectivity index is 2.20. The van der Waals surface area contributed by atoms with Crippen LogP contribution in [0.25, 0.3) is 0 Å². The molecule has 2 nitrogen and oxygen atoms in total. The normalized spacial score (nSPS) is 20.4. The van der Waals surface area contributed by atoms with E-state index in [-0.39, 0.29) is 11.9 Å². The summed E-state index contributed by atoms with van der Waals surface area (Å²) >= 11 is 12.0. The largest absolute Gasteiger partial charge is 0.465 e. The molecular weight excluding hydrogens is 235 g/mol. The predicted molar refractivity (Wildman–Crippen MR) is 59.2 cm³/mol. The maximum absolute atomic E-state index is 11.3. The van der Waals surface area contributed by atoms with Gasteiger partial charge in [-0.3, -0.25) is 4.79 Å². The van der Waals surface area contributed by atoms with Gasteiger partial charge in [0.2, 0.25) is 0 Å². The molecule has 1 fully saturated rings. The van der Waals surface area contributed by atoms with Crippen molar-refractivity contribution in [2.75, 3.05) is 6.61 Å². The molecule has 1 atom stereocenters. The predicted octanol–water partition coefficient (Wildman–Crippen LogP) is 3.10. The quantitative estimate of drug-likeness (QED) is 0.748. The number of esters is 1. The Morgan fingerprint density at radius 3 is 2.53 bits per heavy atom. The average molecular weight is 245 g/mol. The summed E-state index contributed by atoms with van der Waals surface area (Å²) in [5, 5.41) is 1.23. The summed E-state index contributed by atoms with van der Waals surface area (Å²) in [7, 11) is 0. The molecule has 1 aromatic rings. The molecule has 15 heavy (non-hydrogen) atoms. The third kappa shape index (κ3) is 2.27. The van der Waals surface area contributed by atoms with E-state index in [1.165, 1.54) is 0 Å². The fraction of sp³-hybridized carbons (Fsp3) is 0.364. The first-order valence-electron chi connectivity index (χ1n) is 4.78. The molecule has 2 rings (SSSR count). The van der Waals surface area contributed by atoms with E-state index >= 15 is 0 Å². The maximum atomic E-state index is 11.3. The lowest BCUT2D eigenvalue weighted by molar-refractivity contribution is -0.141. The van der Waals surface area contributed by atoms with Crippen molar-refractivity contribution in [3.63, 3.8) is 0 Å². The molecule has 4 heteroatoms. The number of halogens is 2. The van der Waals surface area contributed by atoms with Gasteiger partial charge in [-0.1, -0.05) is 29.3 Å². The molecule has 1 unspecified atom stereocenters. The van der Waals surface area contributed by atoms with Crippen LogP contribution >= 0.6 is 23.2 Å². The second-order valence-corrected chi connectivity index (χ2v) is 4.37. The molecule has 1 heterocycles. The summed E-state index contributed by atoms with van der Waals surface area (Å²) in [5.41, 5.74) is 0.838. The lowest BCUT2D eigenvalue weighted by Crippen LogP contribution is -2.11. The highest BCUT2D eigenvalue weighted by Gasteiger charge is 2.27. The summed E-state index contributed by atoms with van der Waals surface area (Å²) in [6.45, 7) is 0.506. The van der Waals surface area contributed by atoms with Crippen molar-refractivity contribution in [2.45, 2.75) is 12.8 Å². The van der Waals surface area contributed by atoms with Crippen molar-refractivity contribution in [1.82, 2.24) is 0 Å². The molecule has 0 radical (unpaired) electrons. The Labute approximate surface area is 98.1 Å². The first-order valence-corrected chi connectivity index (χ1v) is 5.53. The van der Waals surface area contributed by atoms with E-state index in [0.29, 0.717) is 23.1 Å². The number of rotatable bonds is 2. The average Bonchev–Trinajstić information content (AvgIpc) is 2.58. The number of carbonyl (C=O) groups is 1. The highest BCUT2D eigenvalue weighted by atomic mass is 35.5. The van der Waals surface area contributed by atoms with Crippen LogP contribution < -0.4 is 0 Å². The lowest BCUT2D eigenvalue weighted by atomic mass is 9.98. The Kier molecular flexibility index (Phi) is 3.17. The second-order valence-electron chi connectivity index (χ2n) is 3.56. The first kappa shape index (κ1) is 10.8. The number of ether oxygens (including phenoxy) is 1. The van der Waals surface area contributed by atoms with Crippen LogP contribution in [0.4, 0.5) is 0 Å². The molecule has 0 N–H and O–H groups in total. The third-order valence-corrected chi connectivity index (χ3v) is 3.26. The molecule has 0 spiro atoms. The van der Waals surface area contributed by atoms with Crippen LogP contribution in [0.3, 0.4) is 0 Å². The number of cyclic esters (lactones) is 1. The number of hydrogen-bond acceptors (Lipinski definition) is 2. The van der Waals surface area contributed by atoms with Gasteiger partial charge in [0.05, 0.1) is 12.5 Å². The van der Waals surface area contributed by atoms with Gasteiger partial charge in [-0.05, 0) is 30.5 Å². The van der Waals surface area contributed by atoms with Crippen LogP contribution in [0.5, 0.6) is 0 Å². The van der Waals surface area contributed by atoms with Crippen molar-refractivity contribution >= 4 is 29.2 Å². The van der Waals surface area contributed by atoms with Gasteiger partial charge in [0.15, 0.2) is 0 Å². The van der Waals surface area contributed by atoms with E-state index in [1.54, 1.807) is 18.2 Å². The molecule has 1 aliphatic heterocycles. The van der Waals surface area contributed by atoms with Gasteiger partial charge in [0.25, 0.3) is 0 Å². The van der Waals surface area contributed by atoms with E-state index in [0.717, 1.165) is 12.0 Å². The summed E-state index contributed by atoms with van der Waals surface area (Å²) in [6, 6.07) is 5.35.